The van der Waals surface area contributed by atoms with Crippen molar-refractivity contribution in [3.63, 3.8) is 0 Å². The van der Waals surface area contributed by atoms with Crippen molar-refractivity contribution in [1.29, 1.82) is 0 Å². The molecule has 9 heteroatoms. The zero-order valence-electron chi connectivity index (χ0n) is 16.6. The number of guanidine groups is 1. The Labute approximate surface area is 193 Å². The van der Waals surface area contributed by atoms with Crippen LogP contribution in [0.1, 0.15) is 18.9 Å². The number of hydrogen-bond acceptors (Lipinski definition) is 5. The van der Waals surface area contributed by atoms with Crippen molar-refractivity contribution >= 4 is 47.4 Å². The first kappa shape index (κ1) is 23.3. The number of aliphatic imine (C=N–C) groups is 1. The number of hydrogen-bond donors (Lipinski definition) is 3. The average Bonchev–Trinajstić information content (AvgIpc) is 3.16. The van der Waals surface area contributed by atoms with Crippen molar-refractivity contribution in [3.8, 4) is 11.5 Å². The first-order chi connectivity index (χ1) is 13.6. The smallest absolute Gasteiger partial charge is 0.191 e. The summed E-state index contributed by atoms with van der Waals surface area (Å²) >= 11 is 6.27. The quantitative estimate of drug-likeness (QED) is 0.301. The maximum absolute atomic E-state index is 10.2. The molecule has 0 amide bonds. The molecule has 1 aliphatic heterocycles. The van der Waals surface area contributed by atoms with Crippen LogP contribution < -0.4 is 20.3 Å². The molecule has 0 bridgehead atoms. The van der Waals surface area contributed by atoms with Gasteiger partial charge in [-0.05, 0) is 31.5 Å². The highest BCUT2D eigenvalue weighted by atomic mass is 127. The van der Waals surface area contributed by atoms with Crippen LogP contribution in [0.15, 0.2) is 41.5 Å². The van der Waals surface area contributed by atoms with Crippen molar-refractivity contribution in [2.24, 2.45) is 4.99 Å². The molecule has 1 atom stereocenters. The Hall–Kier alpha value is -1.94. The first-order valence-corrected chi connectivity index (χ1v) is 9.75. The number of phenolic OH excluding ortho intramolecular Hbond substituents is 1. The molecular weight excluding hydrogens is 505 g/mol. The zero-order valence-corrected chi connectivity index (χ0v) is 19.6. The van der Waals surface area contributed by atoms with Crippen LogP contribution in [0.2, 0.25) is 5.02 Å². The summed E-state index contributed by atoms with van der Waals surface area (Å²) in [7, 11) is 1.54. The minimum absolute atomic E-state index is 0. The van der Waals surface area contributed by atoms with E-state index in [1.54, 1.807) is 12.3 Å². The van der Waals surface area contributed by atoms with Crippen LogP contribution in [-0.4, -0.2) is 48.8 Å². The van der Waals surface area contributed by atoms with Gasteiger partial charge in [0.1, 0.15) is 5.82 Å². The minimum Gasteiger partial charge on any atom is -0.504 e. The molecule has 3 N–H and O–H groups in total. The maximum Gasteiger partial charge on any atom is 0.191 e. The van der Waals surface area contributed by atoms with Crippen LogP contribution >= 0.6 is 35.6 Å². The van der Waals surface area contributed by atoms with E-state index in [2.05, 4.69) is 25.5 Å². The van der Waals surface area contributed by atoms with Crippen molar-refractivity contribution < 1.29 is 9.84 Å². The predicted octanol–water partition coefficient (Wildman–Crippen LogP) is 3.40. The second kappa shape index (κ2) is 11.3. The molecule has 1 aliphatic rings. The molecular formula is C20H27ClIN5O2. The molecule has 0 spiro atoms. The number of pyridine rings is 1. The van der Waals surface area contributed by atoms with Crippen molar-refractivity contribution in [1.82, 2.24) is 15.6 Å². The van der Waals surface area contributed by atoms with E-state index >= 15 is 0 Å². The number of nitrogens with one attached hydrogen (secondary N) is 2. The highest BCUT2D eigenvalue weighted by Crippen LogP contribution is 2.30. The van der Waals surface area contributed by atoms with Crippen LogP contribution in [-0.2, 0) is 6.54 Å². The van der Waals surface area contributed by atoms with Crippen molar-refractivity contribution in [3.05, 3.63) is 47.1 Å². The number of rotatable bonds is 6. The lowest BCUT2D eigenvalue weighted by Gasteiger charge is -2.20. The van der Waals surface area contributed by atoms with E-state index in [9.17, 15) is 5.11 Å². The summed E-state index contributed by atoms with van der Waals surface area (Å²) in [6.45, 7) is 4.80. The Balaban J connectivity index is 0.00000300. The van der Waals surface area contributed by atoms with Gasteiger partial charge < -0.3 is 25.4 Å². The number of anilines is 1. The van der Waals surface area contributed by atoms with E-state index in [1.807, 2.05) is 31.2 Å². The van der Waals surface area contributed by atoms with Gasteiger partial charge >= 0.3 is 0 Å². The fourth-order valence-electron chi connectivity index (χ4n) is 3.22. The van der Waals surface area contributed by atoms with Gasteiger partial charge in [0, 0.05) is 37.4 Å². The molecule has 2 heterocycles. The lowest BCUT2D eigenvalue weighted by Crippen LogP contribution is -2.44. The zero-order chi connectivity index (χ0) is 19.9. The summed E-state index contributed by atoms with van der Waals surface area (Å²) < 4.78 is 5.16. The summed E-state index contributed by atoms with van der Waals surface area (Å²) in [5.74, 6) is 2.10. The van der Waals surface area contributed by atoms with Gasteiger partial charge in [0.15, 0.2) is 17.5 Å². The topological polar surface area (TPSA) is 82.0 Å². The Kier molecular flexibility index (Phi) is 9.09. The largest absolute Gasteiger partial charge is 0.504 e. The molecule has 1 fully saturated rings. The van der Waals surface area contributed by atoms with E-state index < -0.39 is 0 Å². The third-order valence-corrected chi connectivity index (χ3v) is 4.92. The summed E-state index contributed by atoms with van der Waals surface area (Å²) in [5.41, 5.74) is 0.713. The summed E-state index contributed by atoms with van der Waals surface area (Å²) in [6, 6.07) is 9.33. The van der Waals surface area contributed by atoms with E-state index in [0.717, 1.165) is 31.9 Å². The molecule has 0 aliphatic carbocycles. The number of para-hydroxylation sites is 1. The fraction of sp³-hybridized carbons (Fsp3) is 0.400. The molecule has 3 rings (SSSR count). The average molecular weight is 532 g/mol. The lowest BCUT2D eigenvalue weighted by atomic mass is 10.2. The second-order valence-corrected chi connectivity index (χ2v) is 6.96. The van der Waals surface area contributed by atoms with E-state index in [0.29, 0.717) is 28.8 Å². The van der Waals surface area contributed by atoms with E-state index in [1.165, 1.54) is 7.11 Å². The summed E-state index contributed by atoms with van der Waals surface area (Å²) in [6.07, 6.45) is 2.72. The van der Waals surface area contributed by atoms with Gasteiger partial charge in [-0.15, -0.1) is 24.0 Å². The maximum atomic E-state index is 10.2. The number of aromatic hydroxyl groups is 1. The van der Waals surface area contributed by atoms with Gasteiger partial charge in [-0.25, -0.2) is 9.98 Å². The van der Waals surface area contributed by atoms with Gasteiger partial charge in [-0.2, -0.15) is 0 Å². The Morgan fingerprint density at radius 3 is 2.93 bits per heavy atom. The standard InChI is InChI=1S/C20H26ClN5O2.HI/c1-3-22-20(24-12-14-6-4-8-17(28-2)18(14)27)25-15-9-11-26(13-15)19-16(21)7-5-10-23-19;/h4-8,10,15,27H,3,9,11-13H2,1-2H3,(H2,22,24,25);1H. The van der Waals surface area contributed by atoms with E-state index in [4.69, 9.17) is 16.3 Å². The number of halogens is 2. The van der Waals surface area contributed by atoms with Crippen LogP contribution in [0.5, 0.6) is 11.5 Å². The highest BCUT2D eigenvalue weighted by molar-refractivity contribution is 14.0. The Bertz CT molecular complexity index is 836. The molecule has 158 valence electrons. The number of ether oxygens (including phenoxy) is 1. The monoisotopic (exact) mass is 531 g/mol. The molecule has 2 aromatic rings. The molecule has 1 aromatic heterocycles. The van der Waals surface area contributed by atoms with Gasteiger partial charge in [0.2, 0.25) is 0 Å². The molecule has 0 saturated carbocycles. The lowest BCUT2D eigenvalue weighted by molar-refractivity contribution is 0.370. The third-order valence-electron chi connectivity index (χ3n) is 4.62. The number of aromatic nitrogens is 1. The normalized spacial score (nSPS) is 16.3. The van der Waals surface area contributed by atoms with Gasteiger partial charge in [0.05, 0.1) is 18.7 Å². The fourth-order valence-corrected chi connectivity index (χ4v) is 3.46. The highest BCUT2D eigenvalue weighted by Gasteiger charge is 2.25. The number of benzene rings is 1. The second-order valence-electron chi connectivity index (χ2n) is 6.55. The van der Waals surface area contributed by atoms with Crippen LogP contribution in [0.4, 0.5) is 5.82 Å². The Morgan fingerprint density at radius 1 is 1.38 bits per heavy atom. The SMILES string of the molecule is CCNC(=NCc1cccc(OC)c1O)NC1CCN(c2ncccc2Cl)C1.I. The molecule has 1 saturated heterocycles. The predicted molar refractivity (Wildman–Crippen MR) is 128 cm³/mol. The molecule has 7 nitrogen and oxygen atoms in total. The number of nitrogens with zero attached hydrogens (tertiary/aromatic N) is 3. The molecule has 29 heavy (non-hydrogen) atoms. The van der Waals surface area contributed by atoms with Crippen LogP contribution in [0.3, 0.4) is 0 Å². The van der Waals surface area contributed by atoms with Crippen LogP contribution in [0.25, 0.3) is 0 Å². The summed E-state index contributed by atoms with van der Waals surface area (Å²) in [5, 5.41) is 17.6. The molecule has 1 unspecified atom stereocenters. The summed E-state index contributed by atoms with van der Waals surface area (Å²) in [4.78, 5) is 11.2. The Morgan fingerprint density at radius 2 is 2.21 bits per heavy atom. The van der Waals surface area contributed by atoms with Crippen LogP contribution in [0, 0.1) is 0 Å². The molecule has 1 aromatic carbocycles. The van der Waals surface area contributed by atoms with Gasteiger partial charge in [-0.1, -0.05) is 23.7 Å². The number of methoxy groups -OCH3 is 1. The van der Waals surface area contributed by atoms with Gasteiger partial charge in [-0.3, -0.25) is 0 Å². The number of phenols is 1. The third kappa shape index (κ3) is 6.02. The van der Waals surface area contributed by atoms with Crippen molar-refractivity contribution in [2.45, 2.75) is 25.9 Å². The minimum atomic E-state index is 0. The van der Waals surface area contributed by atoms with Crippen molar-refractivity contribution in [2.75, 3.05) is 31.6 Å². The first-order valence-electron chi connectivity index (χ1n) is 9.37. The van der Waals surface area contributed by atoms with E-state index in [-0.39, 0.29) is 35.8 Å². The van der Waals surface area contributed by atoms with Gasteiger partial charge in [0.25, 0.3) is 0 Å². The molecule has 0 radical (unpaired) electrons.